The highest BCUT2D eigenvalue weighted by Crippen LogP contribution is 2.30. The summed E-state index contributed by atoms with van der Waals surface area (Å²) in [6, 6.07) is 16.6. The molecule has 2 aromatic carbocycles. The molecule has 0 saturated heterocycles. The standard InChI is InChI=1S/2C9H5F3N2O.C3H5ClO.2C2H6.CH4O.2CH4/c2*10-9(11,12)8-13-7(14-15-8)6-4-2-1-3-5-6;1-3(4)5-2;3*1-2;;/h2*1-5H;1H2,2H3;2*1-2H3;2H,1H3;2*1H4. The molecule has 4 aromatic rings. The van der Waals surface area contributed by atoms with E-state index in [4.69, 9.17) is 16.7 Å². The number of alkyl halides is 6. The van der Waals surface area contributed by atoms with Crippen molar-refractivity contribution < 1.29 is 45.2 Å². The van der Waals surface area contributed by atoms with Crippen LogP contribution in [0.1, 0.15) is 54.3 Å². The molecule has 2 heterocycles. The summed E-state index contributed by atoms with van der Waals surface area (Å²) < 4.78 is 85.2. The Kier molecular flexibility index (Phi) is 26.4. The Morgan fingerprint density at radius 2 is 0.953 bits per heavy atom. The van der Waals surface area contributed by atoms with E-state index in [0.29, 0.717) is 11.1 Å². The van der Waals surface area contributed by atoms with Crippen LogP contribution >= 0.6 is 11.6 Å². The summed E-state index contributed by atoms with van der Waals surface area (Å²) in [5, 5.41) is 13.7. The zero-order chi connectivity index (χ0) is 32.1. The molecule has 0 saturated carbocycles. The molecule has 0 aliphatic heterocycles. The highest BCUT2D eigenvalue weighted by Gasteiger charge is 2.39. The number of benzene rings is 2. The number of aliphatic hydroxyl groups excluding tert-OH is 1. The molecule has 1 N–H and O–H groups in total. The van der Waals surface area contributed by atoms with Crippen LogP contribution in [0.5, 0.6) is 0 Å². The first kappa shape index (κ1) is 46.1. The molecule has 4 rings (SSSR count). The summed E-state index contributed by atoms with van der Waals surface area (Å²) in [7, 11) is 2.47. The highest BCUT2D eigenvalue weighted by atomic mass is 35.5. The summed E-state index contributed by atoms with van der Waals surface area (Å²) in [4.78, 5) is 6.50. The normalized spacial score (nSPS) is 9.35. The first-order valence-corrected chi connectivity index (χ1v) is 12.1. The molecule has 0 unspecified atom stereocenters. The number of ether oxygens (including phenoxy) is 1. The van der Waals surface area contributed by atoms with Crippen molar-refractivity contribution in [2.75, 3.05) is 14.2 Å². The minimum atomic E-state index is -4.60. The van der Waals surface area contributed by atoms with E-state index < -0.39 is 24.1 Å². The van der Waals surface area contributed by atoms with Crippen LogP contribution in [0.3, 0.4) is 0 Å². The van der Waals surface area contributed by atoms with Crippen LogP contribution < -0.4 is 0 Å². The fraction of sp³-hybridized carbons (Fsp3) is 0.357. The third kappa shape index (κ3) is 18.3. The number of halogens is 7. The summed E-state index contributed by atoms with van der Waals surface area (Å²) in [5.74, 6) is -2.80. The van der Waals surface area contributed by atoms with Gasteiger partial charge in [-0.15, -0.1) is 0 Å². The molecule has 0 amide bonds. The van der Waals surface area contributed by atoms with Gasteiger partial charge in [0.05, 0.1) is 7.11 Å². The van der Waals surface area contributed by atoms with Gasteiger partial charge in [0.15, 0.2) is 5.22 Å². The van der Waals surface area contributed by atoms with E-state index in [-0.39, 0.29) is 31.7 Å². The lowest BCUT2D eigenvalue weighted by Crippen LogP contribution is -2.04. The predicted octanol–water partition coefficient (Wildman–Crippen LogP) is 9.79. The van der Waals surface area contributed by atoms with Crippen molar-refractivity contribution in [2.24, 2.45) is 0 Å². The van der Waals surface area contributed by atoms with Crippen LogP contribution in [-0.2, 0) is 17.1 Å². The molecule has 0 bridgehead atoms. The number of rotatable bonds is 3. The van der Waals surface area contributed by atoms with Crippen LogP contribution in [0.4, 0.5) is 26.3 Å². The second kappa shape index (κ2) is 24.7. The van der Waals surface area contributed by atoms with Gasteiger partial charge < -0.3 is 18.9 Å². The van der Waals surface area contributed by atoms with Crippen LogP contribution in [-0.4, -0.2) is 39.6 Å². The first-order valence-electron chi connectivity index (χ1n) is 11.7. The van der Waals surface area contributed by atoms with Gasteiger partial charge in [-0.05, 0) is 18.2 Å². The molecular weight excluding hydrogens is 606 g/mol. The molecule has 15 heteroatoms. The van der Waals surface area contributed by atoms with Crippen molar-refractivity contribution in [2.45, 2.75) is 54.9 Å². The lowest BCUT2D eigenvalue weighted by Gasteiger charge is -1.96. The fourth-order valence-electron chi connectivity index (χ4n) is 2.09. The minimum absolute atomic E-state index is 0. The van der Waals surface area contributed by atoms with Crippen LogP contribution in [0.2, 0.25) is 0 Å². The van der Waals surface area contributed by atoms with Crippen molar-refractivity contribution >= 4 is 11.6 Å². The van der Waals surface area contributed by atoms with Gasteiger partial charge in [0.25, 0.3) is 0 Å². The number of hydrogen-bond donors (Lipinski definition) is 1. The maximum Gasteiger partial charge on any atom is 0.471 e. The van der Waals surface area contributed by atoms with E-state index in [1.807, 2.05) is 27.7 Å². The van der Waals surface area contributed by atoms with Gasteiger partial charge in [0.1, 0.15) is 0 Å². The minimum Gasteiger partial charge on any atom is -0.487 e. The lowest BCUT2D eigenvalue weighted by molar-refractivity contribution is -0.160. The van der Waals surface area contributed by atoms with Crippen molar-refractivity contribution in [3.8, 4) is 22.8 Å². The van der Waals surface area contributed by atoms with E-state index in [1.165, 1.54) is 7.11 Å². The van der Waals surface area contributed by atoms with Crippen molar-refractivity contribution in [1.82, 2.24) is 20.3 Å². The third-order valence-electron chi connectivity index (χ3n) is 3.62. The Bertz CT molecular complexity index is 1120. The smallest absolute Gasteiger partial charge is 0.471 e. The van der Waals surface area contributed by atoms with E-state index in [0.717, 1.165) is 7.11 Å². The van der Waals surface area contributed by atoms with Gasteiger partial charge in [-0.2, -0.15) is 36.3 Å². The SMILES string of the molecule is C.C.C=C(Cl)OC.CC.CC.CO.FC(F)(F)c1nc(-c2ccccc2)no1.FC(F)(F)c1nc(-c2ccccc2)no1. The molecule has 2 aromatic heterocycles. The lowest BCUT2D eigenvalue weighted by atomic mass is 10.2. The number of aliphatic hydroxyl groups is 1. The van der Waals surface area contributed by atoms with E-state index in [9.17, 15) is 26.3 Å². The molecular formula is C28H39ClF6N4O4. The molecule has 0 aliphatic carbocycles. The van der Waals surface area contributed by atoms with Crippen molar-refractivity contribution in [3.05, 3.63) is 84.2 Å². The fourth-order valence-corrected chi connectivity index (χ4v) is 2.09. The Morgan fingerprint density at radius 1 is 0.698 bits per heavy atom. The second-order valence-corrected chi connectivity index (χ2v) is 6.55. The van der Waals surface area contributed by atoms with Gasteiger partial charge in [-0.3, -0.25) is 0 Å². The number of nitrogens with zero attached hydrogens (tertiary/aromatic N) is 4. The Labute approximate surface area is 253 Å². The second-order valence-electron chi connectivity index (χ2n) is 6.13. The summed E-state index contributed by atoms with van der Waals surface area (Å²) >= 11 is 5.05. The Morgan fingerprint density at radius 3 is 1.14 bits per heavy atom. The quantitative estimate of drug-likeness (QED) is 0.173. The molecule has 43 heavy (non-hydrogen) atoms. The Balaban J connectivity index is -0.000000258. The van der Waals surface area contributed by atoms with Crippen molar-refractivity contribution in [1.29, 1.82) is 0 Å². The summed E-state index contributed by atoms with van der Waals surface area (Å²) in [6.07, 6.45) is -9.19. The van der Waals surface area contributed by atoms with E-state index in [1.54, 1.807) is 60.7 Å². The topological polar surface area (TPSA) is 107 Å². The predicted molar refractivity (Wildman–Crippen MR) is 156 cm³/mol. The average Bonchev–Trinajstić information content (AvgIpc) is 3.69. The van der Waals surface area contributed by atoms with Crippen LogP contribution in [0.15, 0.2) is 81.5 Å². The zero-order valence-corrected chi connectivity index (χ0v) is 23.8. The van der Waals surface area contributed by atoms with Gasteiger partial charge >= 0.3 is 24.1 Å². The molecule has 0 atom stereocenters. The molecule has 0 spiro atoms. The number of methoxy groups -OCH3 is 1. The summed E-state index contributed by atoms with van der Waals surface area (Å²) in [5.41, 5.74) is 0.966. The average molecular weight is 645 g/mol. The van der Waals surface area contributed by atoms with Crippen LogP contribution in [0, 0.1) is 0 Å². The van der Waals surface area contributed by atoms with Crippen molar-refractivity contribution in [3.63, 3.8) is 0 Å². The van der Waals surface area contributed by atoms with Gasteiger partial charge in [0.2, 0.25) is 11.6 Å². The Hall–Kier alpha value is -3.91. The van der Waals surface area contributed by atoms with Gasteiger partial charge in [-0.1, -0.05) is 114 Å². The van der Waals surface area contributed by atoms with Gasteiger partial charge in [-0.25, -0.2) is 0 Å². The monoisotopic (exact) mass is 644 g/mol. The maximum absolute atomic E-state index is 12.1. The zero-order valence-electron chi connectivity index (χ0n) is 23.1. The highest BCUT2D eigenvalue weighted by molar-refractivity contribution is 6.27. The van der Waals surface area contributed by atoms with Crippen LogP contribution in [0.25, 0.3) is 22.8 Å². The molecule has 0 radical (unpaired) electrons. The molecule has 8 nitrogen and oxygen atoms in total. The number of hydrogen-bond acceptors (Lipinski definition) is 8. The summed E-state index contributed by atoms with van der Waals surface area (Å²) in [6.45, 7) is 11.2. The molecule has 0 aliphatic rings. The third-order valence-corrected chi connectivity index (χ3v) is 3.78. The molecule has 0 fully saturated rings. The van der Waals surface area contributed by atoms with Gasteiger partial charge in [0, 0.05) is 18.2 Å². The van der Waals surface area contributed by atoms with E-state index >= 15 is 0 Å². The maximum atomic E-state index is 12.1. The first-order chi connectivity index (χ1) is 19.4. The van der Waals surface area contributed by atoms with E-state index in [2.05, 4.69) is 40.6 Å². The molecule has 244 valence electrons. The number of aromatic nitrogens is 4. The largest absolute Gasteiger partial charge is 0.487 e.